The second kappa shape index (κ2) is 4.10. The van der Waals surface area contributed by atoms with Gasteiger partial charge in [-0.15, -0.1) is 0 Å². The first kappa shape index (κ1) is 9.04. The van der Waals surface area contributed by atoms with Crippen LogP contribution in [0.15, 0.2) is 18.3 Å². The summed E-state index contributed by atoms with van der Waals surface area (Å²) in [5.74, 6) is 1.51. The van der Waals surface area contributed by atoms with Crippen LogP contribution < -0.4 is 4.74 Å². The van der Waals surface area contributed by atoms with Crippen LogP contribution >= 0.6 is 0 Å². The molecule has 66 valence electrons. The molecule has 0 aromatic carbocycles. The van der Waals surface area contributed by atoms with E-state index in [0.717, 1.165) is 17.9 Å². The van der Waals surface area contributed by atoms with E-state index in [1.165, 1.54) is 0 Å². The molecule has 1 aromatic rings. The van der Waals surface area contributed by atoms with Crippen molar-refractivity contribution in [3.8, 4) is 5.75 Å². The Balaban J connectivity index is 2.82. The second-order valence-electron chi connectivity index (χ2n) is 3.25. The summed E-state index contributed by atoms with van der Waals surface area (Å²) < 4.78 is 5.18. The van der Waals surface area contributed by atoms with Crippen molar-refractivity contribution in [2.24, 2.45) is 5.92 Å². The summed E-state index contributed by atoms with van der Waals surface area (Å²) in [6, 6.07) is 3.84. The molecule has 0 aliphatic carbocycles. The summed E-state index contributed by atoms with van der Waals surface area (Å²) in [5, 5.41) is 0. The van der Waals surface area contributed by atoms with Crippen LogP contribution in [0.5, 0.6) is 5.75 Å². The Morgan fingerprint density at radius 2 is 2.25 bits per heavy atom. The molecule has 0 bridgehead atoms. The van der Waals surface area contributed by atoms with E-state index in [4.69, 9.17) is 4.74 Å². The van der Waals surface area contributed by atoms with Gasteiger partial charge < -0.3 is 4.74 Å². The standard InChI is InChI=1S/C10H15NO/c1-8(2)7-9-10(12-3)5-4-6-11-9/h4-6,8H,7H2,1-3H3. The maximum Gasteiger partial charge on any atom is 0.140 e. The van der Waals surface area contributed by atoms with Crippen molar-refractivity contribution in [1.29, 1.82) is 0 Å². The minimum atomic E-state index is 0.619. The highest BCUT2D eigenvalue weighted by atomic mass is 16.5. The summed E-state index contributed by atoms with van der Waals surface area (Å²) in [6.07, 6.45) is 2.78. The Bertz CT molecular complexity index is 245. The van der Waals surface area contributed by atoms with Crippen molar-refractivity contribution in [2.45, 2.75) is 20.3 Å². The maximum absolute atomic E-state index is 5.18. The normalized spacial score (nSPS) is 10.3. The lowest BCUT2D eigenvalue weighted by molar-refractivity contribution is 0.403. The minimum absolute atomic E-state index is 0.619. The van der Waals surface area contributed by atoms with Gasteiger partial charge in [0.1, 0.15) is 5.75 Å². The lowest BCUT2D eigenvalue weighted by atomic mass is 10.1. The molecule has 12 heavy (non-hydrogen) atoms. The monoisotopic (exact) mass is 165 g/mol. The number of pyridine rings is 1. The van der Waals surface area contributed by atoms with Crippen molar-refractivity contribution in [3.63, 3.8) is 0 Å². The van der Waals surface area contributed by atoms with Crippen molar-refractivity contribution in [3.05, 3.63) is 24.0 Å². The van der Waals surface area contributed by atoms with E-state index in [9.17, 15) is 0 Å². The highest BCUT2D eigenvalue weighted by Crippen LogP contribution is 2.17. The Hall–Kier alpha value is -1.05. The molecule has 2 nitrogen and oxygen atoms in total. The molecule has 0 atom stereocenters. The minimum Gasteiger partial charge on any atom is -0.495 e. The molecule has 0 saturated carbocycles. The zero-order valence-corrected chi connectivity index (χ0v) is 7.87. The van der Waals surface area contributed by atoms with Gasteiger partial charge in [-0.05, 0) is 24.5 Å². The first-order chi connectivity index (χ1) is 5.74. The Morgan fingerprint density at radius 3 is 2.83 bits per heavy atom. The number of methoxy groups -OCH3 is 1. The Kier molecular flexibility index (Phi) is 3.09. The molecule has 1 rings (SSSR count). The molecular weight excluding hydrogens is 150 g/mol. The summed E-state index contributed by atoms with van der Waals surface area (Å²) in [7, 11) is 1.68. The van der Waals surface area contributed by atoms with Crippen LogP contribution in [0.4, 0.5) is 0 Å². The van der Waals surface area contributed by atoms with Crippen LogP contribution in [0.2, 0.25) is 0 Å². The van der Waals surface area contributed by atoms with Crippen LogP contribution in [-0.2, 0) is 6.42 Å². The first-order valence-corrected chi connectivity index (χ1v) is 4.22. The Labute approximate surface area is 73.6 Å². The molecule has 0 aliphatic heterocycles. The van der Waals surface area contributed by atoms with E-state index in [0.29, 0.717) is 5.92 Å². The lowest BCUT2D eigenvalue weighted by Gasteiger charge is -2.08. The smallest absolute Gasteiger partial charge is 0.140 e. The van der Waals surface area contributed by atoms with Crippen LogP contribution in [0.1, 0.15) is 19.5 Å². The number of ether oxygens (including phenoxy) is 1. The predicted octanol–water partition coefficient (Wildman–Crippen LogP) is 2.29. The van der Waals surface area contributed by atoms with Gasteiger partial charge in [-0.1, -0.05) is 13.8 Å². The van der Waals surface area contributed by atoms with Crippen LogP contribution in [0.25, 0.3) is 0 Å². The van der Waals surface area contributed by atoms with Gasteiger partial charge in [0.15, 0.2) is 0 Å². The van der Waals surface area contributed by atoms with Crippen LogP contribution in [-0.4, -0.2) is 12.1 Å². The molecule has 0 amide bonds. The van der Waals surface area contributed by atoms with E-state index in [2.05, 4.69) is 18.8 Å². The Morgan fingerprint density at radius 1 is 1.50 bits per heavy atom. The molecule has 0 saturated heterocycles. The summed E-state index contributed by atoms with van der Waals surface area (Å²) in [5.41, 5.74) is 1.05. The van der Waals surface area contributed by atoms with Gasteiger partial charge in [0.05, 0.1) is 12.8 Å². The van der Waals surface area contributed by atoms with Gasteiger partial charge in [-0.25, -0.2) is 0 Å². The van der Waals surface area contributed by atoms with Crippen molar-refractivity contribution >= 4 is 0 Å². The molecular formula is C10H15NO. The lowest BCUT2D eigenvalue weighted by Crippen LogP contribution is -1.99. The molecule has 0 N–H and O–H groups in total. The fourth-order valence-corrected chi connectivity index (χ4v) is 1.15. The van der Waals surface area contributed by atoms with Gasteiger partial charge in [0.25, 0.3) is 0 Å². The third kappa shape index (κ3) is 2.22. The third-order valence-corrected chi connectivity index (χ3v) is 1.67. The molecule has 0 aliphatic rings. The van der Waals surface area contributed by atoms with E-state index < -0.39 is 0 Å². The van der Waals surface area contributed by atoms with Crippen molar-refractivity contribution in [1.82, 2.24) is 4.98 Å². The first-order valence-electron chi connectivity index (χ1n) is 4.22. The van der Waals surface area contributed by atoms with E-state index in [-0.39, 0.29) is 0 Å². The molecule has 0 unspecified atom stereocenters. The highest BCUT2D eigenvalue weighted by Gasteiger charge is 2.04. The van der Waals surface area contributed by atoms with Gasteiger partial charge in [0, 0.05) is 6.20 Å². The molecule has 2 heteroatoms. The van der Waals surface area contributed by atoms with Gasteiger partial charge in [-0.2, -0.15) is 0 Å². The largest absolute Gasteiger partial charge is 0.495 e. The van der Waals surface area contributed by atoms with Crippen molar-refractivity contribution in [2.75, 3.05) is 7.11 Å². The number of hydrogen-bond acceptors (Lipinski definition) is 2. The van der Waals surface area contributed by atoms with Gasteiger partial charge in [0.2, 0.25) is 0 Å². The fraction of sp³-hybridized carbons (Fsp3) is 0.500. The molecule has 1 heterocycles. The van der Waals surface area contributed by atoms with Crippen LogP contribution in [0.3, 0.4) is 0 Å². The SMILES string of the molecule is COc1cccnc1CC(C)C. The fourth-order valence-electron chi connectivity index (χ4n) is 1.15. The molecule has 0 radical (unpaired) electrons. The summed E-state index contributed by atoms with van der Waals surface area (Å²) in [4.78, 5) is 4.26. The average molecular weight is 165 g/mol. The topological polar surface area (TPSA) is 22.1 Å². The van der Waals surface area contributed by atoms with Gasteiger partial charge >= 0.3 is 0 Å². The number of hydrogen-bond donors (Lipinski definition) is 0. The molecule has 0 fully saturated rings. The molecule has 1 aromatic heterocycles. The average Bonchev–Trinajstić information content (AvgIpc) is 2.04. The molecule has 0 spiro atoms. The van der Waals surface area contributed by atoms with Gasteiger partial charge in [-0.3, -0.25) is 4.98 Å². The summed E-state index contributed by atoms with van der Waals surface area (Å²) in [6.45, 7) is 4.35. The van der Waals surface area contributed by atoms with E-state index in [1.54, 1.807) is 13.3 Å². The number of rotatable bonds is 3. The van der Waals surface area contributed by atoms with E-state index >= 15 is 0 Å². The quantitative estimate of drug-likeness (QED) is 0.685. The third-order valence-electron chi connectivity index (χ3n) is 1.67. The zero-order valence-electron chi connectivity index (χ0n) is 7.87. The zero-order chi connectivity index (χ0) is 8.97. The number of nitrogens with zero attached hydrogens (tertiary/aromatic N) is 1. The maximum atomic E-state index is 5.18. The summed E-state index contributed by atoms with van der Waals surface area (Å²) >= 11 is 0. The highest BCUT2D eigenvalue weighted by molar-refractivity contribution is 5.26. The van der Waals surface area contributed by atoms with Crippen LogP contribution in [0, 0.1) is 5.92 Å². The predicted molar refractivity (Wildman–Crippen MR) is 49.3 cm³/mol. The van der Waals surface area contributed by atoms with E-state index in [1.807, 2.05) is 12.1 Å². The number of aromatic nitrogens is 1. The van der Waals surface area contributed by atoms with Crippen molar-refractivity contribution < 1.29 is 4.74 Å². The second-order valence-corrected chi connectivity index (χ2v) is 3.25.